The minimum atomic E-state index is -1.13. The van der Waals surface area contributed by atoms with Crippen molar-refractivity contribution in [2.75, 3.05) is 0 Å². The summed E-state index contributed by atoms with van der Waals surface area (Å²) in [7, 11) is 0. The predicted octanol–water partition coefficient (Wildman–Crippen LogP) is 3.49. The van der Waals surface area contributed by atoms with Crippen molar-refractivity contribution in [2.45, 2.75) is 147 Å². The van der Waals surface area contributed by atoms with Crippen LogP contribution in [0.2, 0.25) is 0 Å². The largest absolute Gasteiger partial charge is 0.458 e. The molecule has 11 nitrogen and oxygen atoms in total. The van der Waals surface area contributed by atoms with Crippen molar-refractivity contribution < 1.29 is 55.5 Å². The fraction of sp³-hybridized carbons (Fsp3) is 0.634. The van der Waals surface area contributed by atoms with Gasteiger partial charge in [-0.15, -0.1) is 0 Å². The van der Waals surface area contributed by atoms with E-state index in [0.29, 0.717) is 0 Å². The molecule has 0 unspecified atom stereocenters. The molecule has 1 rings (SSSR count). The molecule has 1 heterocycles. The van der Waals surface area contributed by atoms with Gasteiger partial charge in [0.15, 0.2) is 0 Å². The number of aliphatic hydroxyl groups is 9. The molecule has 9 N–H and O–H groups in total. The van der Waals surface area contributed by atoms with Crippen molar-refractivity contribution in [3.8, 4) is 0 Å². The quantitative estimate of drug-likeness (QED) is 0.148. The molecule has 0 amide bonds. The van der Waals surface area contributed by atoms with E-state index in [4.69, 9.17) is 4.74 Å². The van der Waals surface area contributed by atoms with Crippen LogP contribution in [-0.4, -0.2) is 113 Å². The number of carbonyl (C=O) groups is 1. The van der Waals surface area contributed by atoms with Gasteiger partial charge in [0, 0.05) is 24.3 Å². The van der Waals surface area contributed by atoms with E-state index in [2.05, 4.69) is 0 Å². The van der Waals surface area contributed by atoms with Crippen molar-refractivity contribution in [1.82, 2.24) is 0 Å². The molecule has 0 aromatic carbocycles. The molecule has 1 aliphatic rings. The van der Waals surface area contributed by atoms with E-state index in [0.717, 1.165) is 6.42 Å². The van der Waals surface area contributed by atoms with E-state index in [1.807, 2.05) is 45.1 Å². The Morgan fingerprint density at radius 2 is 1.02 bits per heavy atom. The van der Waals surface area contributed by atoms with Gasteiger partial charge < -0.3 is 50.7 Å². The summed E-state index contributed by atoms with van der Waals surface area (Å²) in [5, 5.41) is 94.1. The lowest BCUT2D eigenvalue weighted by Crippen LogP contribution is -2.34. The van der Waals surface area contributed by atoms with Crippen LogP contribution in [0.15, 0.2) is 85.1 Å². The Kier molecular flexibility index (Phi) is 24.5. The van der Waals surface area contributed by atoms with Gasteiger partial charge in [0.2, 0.25) is 0 Å². The molecule has 0 saturated heterocycles. The minimum absolute atomic E-state index is 0.0413. The normalized spacial score (nSPS) is 40.3. The summed E-state index contributed by atoms with van der Waals surface area (Å²) in [5.74, 6) is -1.24. The summed E-state index contributed by atoms with van der Waals surface area (Å²) in [6.07, 6.45) is 14.3. The topological polar surface area (TPSA) is 208 Å². The molecule has 0 aromatic rings. The van der Waals surface area contributed by atoms with Gasteiger partial charge in [0.25, 0.3) is 0 Å². The standard InChI is InChI=1S/C41H66O11/c1-5-28(2)41-29(3)19-20-31(42)21-32(43)22-33(44)23-34(45)24-35(46)25-36(47)26-37(48)27-39(50)30(4)38(49)17-15-13-11-9-7-6-8-10-12-14-16-18-40(51)52-41/h6-16,18-20,28-39,41-50H,5,17,21-27H2,1-4H3/b7-6+,10-8+,11-9+,14-12+,15-13+,18-16+,20-19+/t28-,29-,30-,31-,32-,33-,34+,35-,36+,37+,38-,39+,41-/m0/s1. The van der Waals surface area contributed by atoms with Crippen molar-refractivity contribution >= 4 is 5.97 Å². The van der Waals surface area contributed by atoms with Crippen LogP contribution >= 0.6 is 0 Å². The lowest BCUT2D eigenvalue weighted by Gasteiger charge is -2.27. The summed E-state index contributed by atoms with van der Waals surface area (Å²) in [5.41, 5.74) is 0. The Morgan fingerprint density at radius 3 is 1.50 bits per heavy atom. The van der Waals surface area contributed by atoms with Crippen molar-refractivity contribution in [3.63, 3.8) is 0 Å². The number of rotatable bonds is 2. The van der Waals surface area contributed by atoms with E-state index in [9.17, 15) is 50.8 Å². The molecule has 13 atom stereocenters. The van der Waals surface area contributed by atoms with Crippen LogP contribution < -0.4 is 0 Å². The van der Waals surface area contributed by atoms with Crippen LogP contribution in [-0.2, 0) is 9.53 Å². The van der Waals surface area contributed by atoms with Gasteiger partial charge in [0.05, 0.1) is 54.9 Å². The molecule has 0 aromatic heterocycles. The van der Waals surface area contributed by atoms with Gasteiger partial charge in [-0.2, -0.15) is 0 Å². The van der Waals surface area contributed by atoms with Gasteiger partial charge >= 0.3 is 5.97 Å². The molecule has 0 bridgehead atoms. The lowest BCUT2D eigenvalue weighted by atomic mass is 9.90. The molecular formula is C41H66O11. The number of aliphatic hydroxyl groups excluding tert-OH is 9. The molecule has 11 heteroatoms. The summed E-state index contributed by atoms with van der Waals surface area (Å²) >= 11 is 0. The second-order valence-corrected chi connectivity index (χ2v) is 14.2. The molecular weight excluding hydrogens is 668 g/mol. The van der Waals surface area contributed by atoms with Gasteiger partial charge in [-0.05, 0) is 50.9 Å². The van der Waals surface area contributed by atoms with E-state index >= 15 is 0 Å². The third-order valence-electron chi connectivity index (χ3n) is 9.32. The average Bonchev–Trinajstić information content (AvgIpc) is 3.06. The summed E-state index contributed by atoms with van der Waals surface area (Å²) in [4.78, 5) is 12.6. The van der Waals surface area contributed by atoms with Crippen molar-refractivity contribution in [1.29, 1.82) is 0 Å². The zero-order valence-electron chi connectivity index (χ0n) is 31.3. The predicted molar refractivity (Wildman–Crippen MR) is 203 cm³/mol. The van der Waals surface area contributed by atoms with Crippen LogP contribution in [0.1, 0.15) is 85.5 Å². The fourth-order valence-corrected chi connectivity index (χ4v) is 5.97. The first-order valence-corrected chi connectivity index (χ1v) is 18.6. The highest BCUT2D eigenvalue weighted by Crippen LogP contribution is 2.23. The zero-order chi connectivity index (χ0) is 39.1. The number of ether oxygens (including phenoxy) is 1. The first-order chi connectivity index (χ1) is 24.6. The first-order valence-electron chi connectivity index (χ1n) is 18.6. The molecule has 0 aliphatic carbocycles. The number of cyclic esters (lactones) is 1. The number of esters is 1. The van der Waals surface area contributed by atoms with E-state index < -0.39 is 72.9 Å². The summed E-state index contributed by atoms with van der Waals surface area (Å²) in [6.45, 7) is 7.53. The Morgan fingerprint density at radius 1 is 0.596 bits per heavy atom. The number of hydrogen-bond donors (Lipinski definition) is 9. The van der Waals surface area contributed by atoms with Crippen LogP contribution in [0, 0.1) is 17.8 Å². The Labute approximate surface area is 310 Å². The van der Waals surface area contributed by atoms with Gasteiger partial charge in [-0.25, -0.2) is 4.79 Å². The van der Waals surface area contributed by atoms with Gasteiger partial charge in [-0.3, -0.25) is 0 Å². The van der Waals surface area contributed by atoms with Crippen LogP contribution in [0.5, 0.6) is 0 Å². The second kappa shape index (κ2) is 27.0. The molecule has 0 spiro atoms. The Bertz CT molecular complexity index is 1180. The highest BCUT2D eigenvalue weighted by Gasteiger charge is 2.27. The maximum absolute atomic E-state index is 12.6. The highest BCUT2D eigenvalue weighted by molar-refractivity contribution is 5.82. The van der Waals surface area contributed by atoms with E-state index in [1.165, 1.54) is 12.2 Å². The Hall–Kier alpha value is -2.71. The second-order valence-electron chi connectivity index (χ2n) is 14.2. The third kappa shape index (κ3) is 21.7. The van der Waals surface area contributed by atoms with Crippen LogP contribution in [0.3, 0.4) is 0 Å². The minimum Gasteiger partial charge on any atom is -0.458 e. The summed E-state index contributed by atoms with van der Waals surface area (Å²) in [6, 6.07) is 0. The number of carbonyl (C=O) groups excluding carboxylic acids is 1. The smallest absolute Gasteiger partial charge is 0.331 e. The SMILES string of the molecule is CC[C@H](C)[C@@H]1OC(=O)/C=C/C=C/C=C/C=C/C=C/C=C/C[C@H](O)[C@H](C)[C@H](O)C[C@H](O)C[C@H](O)C[C@@H](O)C[C@H](O)C[C@@H](O)C[C@@H](O)C[C@@H](O)/C=C/[C@@H]1C. The molecule has 52 heavy (non-hydrogen) atoms. The number of hydrogen-bond acceptors (Lipinski definition) is 11. The monoisotopic (exact) mass is 734 g/mol. The van der Waals surface area contributed by atoms with Gasteiger partial charge in [-0.1, -0.05) is 113 Å². The zero-order valence-corrected chi connectivity index (χ0v) is 31.3. The van der Waals surface area contributed by atoms with E-state index in [-0.39, 0.29) is 63.2 Å². The highest BCUT2D eigenvalue weighted by atomic mass is 16.5. The number of allylic oxidation sites excluding steroid dienone is 10. The molecule has 296 valence electrons. The Balaban J connectivity index is 3.01. The maximum Gasteiger partial charge on any atom is 0.331 e. The molecule has 0 fully saturated rings. The first kappa shape index (κ1) is 47.3. The van der Waals surface area contributed by atoms with Gasteiger partial charge in [0.1, 0.15) is 6.10 Å². The molecule has 0 radical (unpaired) electrons. The van der Waals surface area contributed by atoms with Crippen LogP contribution in [0.25, 0.3) is 0 Å². The maximum atomic E-state index is 12.6. The van der Waals surface area contributed by atoms with Crippen molar-refractivity contribution in [3.05, 3.63) is 85.1 Å². The van der Waals surface area contributed by atoms with E-state index in [1.54, 1.807) is 55.5 Å². The van der Waals surface area contributed by atoms with Crippen LogP contribution in [0.4, 0.5) is 0 Å². The molecule has 1 aliphatic heterocycles. The molecule has 0 saturated carbocycles. The fourth-order valence-electron chi connectivity index (χ4n) is 5.97. The van der Waals surface area contributed by atoms with Crippen molar-refractivity contribution in [2.24, 2.45) is 17.8 Å². The summed E-state index contributed by atoms with van der Waals surface area (Å²) < 4.78 is 5.76. The lowest BCUT2D eigenvalue weighted by molar-refractivity contribution is -0.147. The average molecular weight is 735 g/mol. The third-order valence-corrected chi connectivity index (χ3v) is 9.32.